The summed E-state index contributed by atoms with van der Waals surface area (Å²) in [4.78, 5) is 13.9. The van der Waals surface area contributed by atoms with Gasteiger partial charge in [0.05, 0.1) is 5.54 Å². The molecular formula is C25H31N2O2+. The SMILES string of the molecule is Cc1ccc(C[NH+](Cc2ccc(C(=O)Nc3ccc(C)cc3)o2)C(C)(C)C)cc1. The molecule has 0 aliphatic heterocycles. The van der Waals surface area contributed by atoms with Gasteiger partial charge in [0.1, 0.15) is 13.1 Å². The molecule has 4 heteroatoms. The summed E-state index contributed by atoms with van der Waals surface area (Å²) < 4.78 is 5.89. The van der Waals surface area contributed by atoms with Crippen LogP contribution >= 0.6 is 0 Å². The van der Waals surface area contributed by atoms with Crippen molar-refractivity contribution in [3.05, 3.63) is 88.9 Å². The van der Waals surface area contributed by atoms with Crippen LogP contribution < -0.4 is 10.2 Å². The summed E-state index contributed by atoms with van der Waals surface area (Å²) in [6, 6.07) is 20.1. The number of furan rings is 1. The summed E-state index contributed by atoms with van der Waals surface area (Å²) in [5.74, 6) is 0.927. The molecule has 1 unspecified atom stereocenters. The zero-order valence-electron chi connectivity index (χ0n) is 18.0. The highest BCUT2D eigenvalue weighted by Crippen LogP contribution is 2.13. The Balaban J connectivity index is 1.69. The van der Waals surface area contributed by atoms with E-state index < -0.39 is 0 Å². The molecule has 152 valence electrons. The highest BCUT2D eigenvalue weighted by Gasteiger charge is 2.27. The van der Waals surface area contributed by atoms with Crippen molar-refractivity contribution >= 4 is 11.6 Å². The van der Waals surface area contributed by atoms with Crippen LogP contribution in [-0.4, -0.2) is 11.4 Å². The highest BCUT2D eigenvalue weighted by molar-refractivity contribution is 6.02. The van der Waals surface area contributed by atoms with Crippen molar-refractivity contribution in [3.8, 4) is 0 Å². The molecule has 0 aliphatic carbocycles. The fourth-order valence-electron chi connectivity index (χ4n) is 3.18. The molecule has 4 nitrogen and oxygen atoms in total. The summed E-state index contributed by atoms with van der Waals surface area (Å²) in [5.41, 5.74) is 4.52. The summed E-state index contributed by atoms with van der Waals surface area (Å²) in [6.07, 6.45) is 0. The Morgan fingerprint density at radius 3 is 2.03 bits per heavy atom. The van der Waals surface area contributed by atoms with Crippen LogP contribution in [0.15, 0.2) is 65.1 Å². The molecule has 1 aromatic heterocycles. The lowest BCUT2D eigenvalue weighted by atomic mass is 10.0. The molecule has 1 atom stereocenters. The lowest BCUT2D eigenvalue weighted by Crippen LogP contribution is -3.16. The van der Waals surface area contributed by atoms with Gasteiger partial charge in [-0.05, 0) is 58.9 Å². The molecular weight excluding hydrogens is 360 g/mol. The van der Waals surface area contributed by atoms with E-state index in [4.69, 9.17) is 4.42 Å². The van der Waals surface area contributed by atoms with Crippen molar-refractivity contribution in [1.82, 2.24) is 0 Å². The number of amides is 1. The molecule has 2 N–H and O–H groups in total. The second kappa shape index (κ2) is 8.66. The number of benzene rings is 2. The minimum absolute atomic E-state index is 0.0436. The molecule has 29 heavy (non-hydrogen) atoms. The third-order valence-corrected chi connectivity index (χ3v) is 5.18. The average Bonchev–Trinajstić information content (AvgIpc) is 3.13. The van der Waals surface area contributed by atoms with Crippen LogP contribution in [-0.2, 0) is 13.1 Å². The van der Waals surface area contributed by atoms with E-state index in [2.05, 4.69) is 57.3 Å². The lowest BCUT2D eigenvalue weighted by Gasteiger charge is -2.31. The molecule has 3 aromatic rings. The molecule has 1 heterocycles. The number of carbonyl (C=O) groups excluding carboxylic acids is 1. The molecule has 0 radical (unpaired) electrons. The van der Waals surface area contributed by atoms with Crippen LogP contribution in [0.5, 0.6) is 0 Å². The topological polar surface area (TPSA) is 46.7 Å². The van der Waals surface area contributed by atoms with E-state index in [0.29, 0.717) is 5.76 Å². The molecule has 0 fully saturated rings. The van der Waals surface area contributed by atoms with Gasteiger partial charge in [-0.15, -0.1) is 0 Å². The Morgan fingerprint density at radius 1 is 0.862 bits per heavy atom. The maximum Gasteiger partial charge on any atom is 0.291 e. The molecule has 1 amide bonds. The van der Waals surface area contributed by atoms with Gasteiger partial charge in [0.15, 0.2) is 11.5 Å². The monoisotopic (exact) mass is 391 g/mol. The predicted molar refractivity (Wildman–Crippen MR) is 117 cm³/mol. The molecule has 0 saturated heterocycles. The number of carbonyl (C=O) groups is 1. The lowest BCUT2D eigenvalue weighted by molar-refractivity contribution is -0.973. The third kappa shape index (κ3) is 5.81. The fourth-order valence-corrected chi connectivity index (χ4v) is 3.18. The van der Waals surface area contributed by atoms with Gasteiger partial charge in [-0.3, -0.25) is 4.79 Å². The van der Waals surface area contributed by atoms with E-state index in [1.165, 1.54) is 16.0 Å². The van der Waals surface area contributed by atoms with Crippen molar-refractivity contribution in [2.75, 3.05) is 5.32 Å². The quantitative estimate of drug-likeness (QED) is 0.648. The minimum atomic E-state index is -0.226. The van der Waals surface area contributed by atoms with Crippen molar-refractivity contribution in [1.29, 1.82) is 0 Å². The van der Waals surface area contributed by atoms with E-state index in [9.17, 15) is 4.79 Å². The number of hydrogen-bond acceptors (Lipinski definition) is 2. The Kier molecular flexibility index (Phi) is 6.23. The van der Waals surface area contributed by atoms with E-state index in [0.717, 1.165) is 30.1 Å². The van der Waals surface area contributed by atoms with E-state index >= 15 is 0 Å². The number of rotatable bonds is 6. The van der Waals surface area contributed by atoms with E-state index in [1.807, 2.05) is 37.3 Å². The van der Waals surface area contributed by atoms with E-state index in [-0.39, 0.29) is 11.4 Å². The Labute approximate surface area is 173 Å². The van der Waals surface area contributed by atoms with E-state index in [1.54, 1.807) is 6.07 Å². The van der Waals surface area contributed by atoms with Crippen molar-refractivity contribution in [2.24, 2.45) is 0 Å². The normalized spacial score (nSPS) is 12.6. The minimum Gasteiger partial charge on any atom is -0.450 e. The van der Waals surface area contributed by atoms with Gasteiger partial charge in [-0.2, -0.15) is 0 Å². The predicted octanol–water partition coefficient (Wildman–Crippen LogP) is 4.53. The summed E-state index contributed by atoms with van der Waals surface area (Å²) >= 11 is 0. The summed E-state index contributed by atoms with van der Waals surface area (Å²) in [6.45, 7) is 12.4. The van der Waals surface area contributed by atoms with Crippen LogP contribution in [0, 0.1) is 13.8 Å². The van der Waals surface area contributed by atoms with Gasteiger partial charge >= 0.3 is 0 Å². The first-order chi connectivity index (χ1) is 13.7. The highest BCUT2D eigenvalue weighted by atomic mass is 16.4. The van der Waals surface area contributed by atoms with Gasteiger partial charge in [0, 0.05) is 11.3 Å². The van der Waals surface area contributed by atoms with Gasteiger partial charge < -0.3 is 14.6 Å². The van der Waals surface area contributed by atoms with Crippen molar-refractivity contribution < 1.29 is 14.1 Å². The van der Waals surface area contributed by atoms with Crippen LogP contribution in [0.1, 0.15) is 53.8 Å². The second-order valence-corrected chi connectivity index (χ2v) is 8.78. The Hall–Kier alpha value is -2.85. The Morgan fingerprint density at radius 2 is 1.45 bits per heavy atom. The maximum absolute atomic E-state index is 12.5. The van der Waals surface area contributed by atoms with Crippen molar-refractivity contribution in [3.63, 3.8) is 0 Å². The molecule has 0 saturated carbocycles. The molecule has 3 rings (SSSR count). The fraction of sp³-hybridized carbons (Fsp3) is 0.320. The molecule has 2 aromatic carbocycles. The number of hydrogen-bond donors (Lipinski definition) is 2. The van der Waals surface area contributed by atoms with Crippen molar-refractivity contribution in [2.45, 2.75) is 53.2 Å². The van der Waals surface area contributed by atoms with Crippen LogP contribution in [0.25, 0.3) is 0 Å². The van der Waals surface area contributed by atoms with Gasteiger partial charge in [0.2, 0.25) is 0 Å². The van der Waals surface area contributed by atoms with Crippen LogP contribution in [0.2, 0.25) is 0 Å². The summed E-state index contributed by atoms with van der Waals surface area (Å²) in [5, 5.41) is 2.89. The largest absolute Gasteiger partial charge is 0.450 e. The Bertz CT molecular complexity index is 948. The number of anilines is 1. The number of aryl methyl sites for hydroxylation is 2. The number of nitrogens with one attached hydrogen (secondary N) is 2. The zero-order valence-corrected chi connectivity index (χ0v) is 18.0. The molecule has 0 spiro atoms. The summed E-state index contributed by atoms with van der Waals surface area (Å²) in [7, 11) is 0. The number of quaternary nitrogens is 1. The van der Waals surface area contributed by atoms with Gasteiger partial charge in [-0.1, -0.05) is 47.5 Å². The zero-order chi connectivity index (χ0) is 21.0. The third-order valence-electron chi connectivity index (χ3n) is 5.18. The van der Waals surface area contributed by atoms with Gasteiger partial charge in [0.25, 0.3) is 5.91 Å². The second-order valence-electron chi connectivity index (χ2n) is 8.78. The smallest absolute Gasteiger partial charge is 0.291 e. The standard InChI is InChI=1S/C25H30N2O2/c1-18-6-10-20(11-7-18)16-27(25(3,4)5)17-22-14-15-23(29-22)24(28)26-21-12-8-19(2)9-13-21/h6-15H,16-17H2,1-5H3,(H,26,28)/p+1. The average molecular weight is 392 g/mol. The van der Waals surface area contributed by atoms with Crippen LogP contribution in [0.3, 0.4) is 0 Å². The molecule has 0 bridgehead atoms. The van der Waals surface area contributed by atoms with Gasteiger partial charge in [-0.25, -0.2) is 0 Å². The molecule has 0 aliphatic rings. The van der Waals surface area contributed by atoms with Crippen LogP contribution in [0.4, 0.5) is 5.69 Å². The first kappa shape index (κ1) is 20.9. The first-order valence-electron chi connectivity index (χ1n) is 10.1. The maximum atomic E-state index is 12.5. The first-order valence-corrected chi connectivity index (χ1v) is 10.1.